The molecule has 2 aliphatic rings. The van der Waals surface area contributed by atoms with Gasteiger partial charge in [-0.25, -0.2) is 4.99 Å². The quantitative estimate of drug-likeness (QED) is 0.334. The minimum Gasteiger partial charge on any atom is -0.365 e. The predicted octanol–water partition coefficient (Wildman–Crippen LogP) is 7.78. The first-order chi connectivity index (χ1) is 17.2. The molecule has 0 radical (unpaired) electrons. The lowest BCUT2D eigenvalue weighted by Crippen LogP contribution is -2.42. The Morgan fingerprint density at radius 2 is 1.69 bits per heavy atom. The molecule has 1 saturated heterocycles. The number of anilines is 1. The van der Waals surface area contributed by atoms with Gasteiger partial charge in [0.1, 0.15) is 0 Å². The highest BCUT2D eigenvalue weighted by Crippen LogP contribution is 2.42. The highest BCUT2D eigenvalue weighted by Gasteiger charge is 2.34. The van der Waals surface area contributed by atoms with Gasteiger partial charge in [0.15, 0.2) is 5.17 Å². The normalized spacial score (nSPS) is 19.1. The summed E-state index contributed by atoms with van der Waals surface area (Å²) in [7, 11) is 2.08. The topological polar surface area (TPSA) is 35.9 Å². The fourth-order valence-corrected chi connectivity index (χ4v) is 5.75. The average Bonchev–Trinajstić information content (AvgIpc) is 3.13. The van der Waals surface area contributed by atoms with E-state index >= 15 is 0 Å². The highest BCUT2D eigenvalue weighted by molar-refractivity contribution is 8.18. The lowest BCUT2D eigenvalue weighted by Gasteiger charge is -2.40. The van der Waals surface area contributed by atoms with E-state index in [1.807, 2.05) is 72.8 Å². The molecule has 2 aliphatic heterocycles. The Morgan fingerprint density at radius 1 is 1.03 bits per heavy atom. The van der Waals surface area contributed by atoms with Gasteiger partial charge in [-0.05, 0) is 79.6 Å². The predicted molar refractivity (Wildman–Crippen MR) is 154 cm³/mol. The number of hydrogen-bond donors (Lipinski definition) is 0. The van der Waals surface area contributed by atoms with Gasteiger partial charge in [0, 0.05) is 23.3 Å². The van der Waals surface area contributed by atoms with Gasteiger partial charge < -0.3 is 4.90 Å². The van der Waals surface area contributed by atoms with Crippen LogP contribution >= 0.6 is 23.4 Å². The van der Waals surface area contributed by atoms with Crippen molar-refractivity contribution in [3.63, 3.8) is 0 Å². The summed E-state index contributed by atoms with van der Waals surface area (Å²) in [5, 5.41) is 1.28. The number of fused-ring (bicyclic) bond motifs is 1. The van der Waals surface area contributed by atoms with Gasteiger partial charge in [-0.2, -0.15) is 0 Å². The fourth-order valence-electron chi connectivity index (χ4n) is 4.55. The molecule has 1 amide bonds. The van der Waals surface area contributed by atoms with Crippen molar-refractivity contribution in [2.24, 2.45) is 4.99 Å². The van der Waals surface area contributed by atoms with Crippen LogP contribution < -0.4 is 4.90 Å². The minimum absolute atomic E-state index is 0.0714. The highest BCUT2D eigenvalue weighted by atomic mass is 35.5. The van der Waals surface area contributed by atoms with E-state index in [9.17, 15) is 4.79 Å². The van der Waals surface area contributed by atoms with Crippen LogP contribution in [0.1, 0.15) is 37.5 Å². The first-order valence-electron chi connectivity index (χ1n) is 11.9. The van der Waals surface area contributed by atoms with Gasteiger partial charge in [0.25, 0.3) is 5.91 Å². The van der Waals surface area contributed by atoms with Crippen molar-refractivity contribution in [1.82, 2.24) is 4.90 Å². The zero-order valence-corrected chi connectivity index (χ0v) is 22.4. The van der Waals surface area contributed by atoms with Gasteiger partial charge in [0.05, 0.1) is 22.7 Å². The molecule has 3 aromatic rings. The summed E-state index contributed by atoms with van der Waals surface area (Å²) in [5.74, 6) is -0.0714. The number of carbonyl (C=O) groups excluding carboxylic acids is 1. The van der Waals surface area contributed by atoms with Crippen molar-refractivity contribution in [2.75, 3.05) is 11.9 Å². The number of likely N-dealkylation sites (N-methyl/N-ethyl adjacent to an activating group) is 1. The van der Waals surface area contributed by atoms with Crippen molar-refractivity contribution in [2.45, 2.75) is 32.9 Å². The van der Waals surface area contributed by atoms with Gasteiger partial charge in [-0.1, -0.05) is 66.2 Å². The molecule has 0 atom stereocenters. The third-order valence-electron chi connectivity index (χ3n) is 6.67. The van der Waals surface area contributed by atoms with Crippen LogP contribution in [0.25, 0.3) is 11.6 Å². The summed E-state index contributed by atoms with van der Waals surface area (Å²) < 4.78 is 0. The zero-order chi connectivity index (χ0) is 25.4. The summed E-state index contributed by atoms with van der Waals surface area (Å²) in [6, 6.07) is 23.8. The number of carbonyl (C=O) groups is 1. The summed E-state index contributed by atoms with van der Waals surface area (Å²) >= 11 is 8.16. The van der Waals surface area contributed by atoms with Gasteiger partial charge >= 0.3 is 0 Å². The smallest absolute Gasteiger partial charge is 0.267 e. The van der Waals surface area contributed by atoms with E-state index in [1.54, 1.807) is 4.90 Å². The van der Waals surface area contributed by atoms with Crippen LogP contribution in [0.3, 0.4) is 0 Å². The van der Waals surface area contributed by atoms with Crippen LogP contribution in [0.5, 0.6) is 0 Å². The van der Waals surface area contributed by atoms with Crippen molar-refractivity contribution in [3.8, 4) is 0 Å². The molecule has 3 aromatic carbocycles. The molecule has 0 N–H and O–H groups in total. The average molecular weight is 514 g/mol. The summed E-state index contributed by atoms with van der Waals surface area (Å²) in [6.45, 7) is 6.95. The maximum atomic E-state index is 13.6. The molecule has 182 valence electrons. The zero-order valence-electron chi connectivity index (χ0n) is 20.8. The lowest BCUT2D eigenvalue weighted by molar-refractivity contribution is -0.122. The first-order valence-corrected chi connectivity index (χ1v) is 13.1. The number of benzene rings is 3. The van der Waals surface area contributed by atoms with E-state index < -0.39 is 0 Å². The third-order valence-corrected chi connectivity index (χ3v) is 8.01. The Morgan fingerprint density at radius 3 is 2.39 bits per heavy atom. The Bertz CT molecular complexity index is 1410. The monoisotopic (exact) mass is 513 g/mol. The van der Waals surface area contributed by atoms with Crippen LogP contribution in [-0.4, -0.2) is 28.6 Å². The molecule has 5 rings (SSSR count). The Hall–Kier alpha value is -3.28. The SMILES string of the molecule is CC1=CC(C)(C)N(C)c2cc(Cl)c(/C=C3/SC(=Nc4ccccc4)N(Cc4ccccc4)C3=O)cc21. The van der Waals surface area contributed by atoms with Gasteiger partial charge in [-0.15, -0.1) is 0 Å². The maximum Gasteiger partial charge on any atom is 0.267 e. The van der Waals surface area contributed by atoms with Gasteiger partial charge in [-0.3, -0.25) is 9.69 Å². The number of hydrogen-bond acceptors (Lipinski definition) is 4. The Kier molecular flexibility index (Phi) is 6.54. The number of amidine groups is 1. The molecule has 0 aliphatic carbocycles. The van der Waals surface area contributed by atoms with E-state index in [0.717, 1.165) is 28.1 Å². The van der Waals surface area contributed by atoms with E-state index in [1.165, 1.54) is 17.3 Å². The van der Waals surface area contributed by atoms with Crippen LogP contribution in [0.15, 0.2) is 88.8 Å². The molecule has 0 spiro atoms. The lowest BCUT2D eigenvalue weighted by atomic mass is 9.88. The first kappa shape index (κ1) is 24.4. The molecule has 36 heavy (non-hydrogen) atoms. The molecule has 6 heteroatoms. The van der Waals surface area contributed by atoms with Crippen LogP contribution in [-0.2, 0) is 11.3 Å². The molecule has 0 unspecified atom stereocenters. The van der Waals surface area contributed by atoms with Crippen molar-refractivity contribution < 1.29 is 4.79 Å². The van der Waals surface area contributed by atoms with E-state index in [0.29, 0.717) is 21.6 Å². The van der Waals surface area contributed by atoms with Gasteiger partial charge in [0.2, 0.25) is 0 Å². The molecule has 0 bridgehead atoms. The molecule has 1 fully saturated rings. The number of nitrogens with zero attached hydrogens (tertiary/aromatic N) is 3. The molecule has 2 heterocycles. The number of aliphatic imine (C=N–C) groups is 1. The van der Waals surface area contributed by atoms with Crippen LogP contribution in [0.4, 0.5) is 11.4 Å². The molecule has 0 saturated carbocycles. The van der Waals surface area contributed by atoms with Crippen molar-refractivity contribution >= 4 is 57.5 Å². The maximum absolute atomic E-state index is 13.6. The number of amides is 1. The third kappa shape index (κ3) is 4.73. The van der Waals surface area contributed by atoms with Crippen molar-refractivity contribution in [3.05, 3.63) is 105 Å². The number of thioether (sulfide) groups is 1. The summed E-state index contributed by atoms with van der Waals surface area (Å²) in [4.78, 5) is 23.0. The minimum atomic E-state index is -0.0988. The molecular weight excluding hydrogens is 486 g/mol. The number of rotatable bonds is 4. The largest absolute Gasteiger partial charge is 0.365 e. The Labute approximate surface area is 222 Å². The summed E-state index contributed by atoms with van der Waals surface area (Å²) in [5.41, 5.74) is 6.01. The van der Waals surface area contributed by atoms with Crippen LogP contribution in [0.2, 0.25) is 5.02 Å². The second-order valence-corrected chi connectivity index (χ2v) is 11.1. The molecule has 0 aromatic heterocycles. The van der Waals surface area contributed by atoms with E-state index in [-0.39, 0.29) is 11.4 Å². The second kappa shape index (κ2) is 9.64. The standard InChI is InChI=1S/C30H28ClN3OS/c1-20-18-30(2,3)33(4)26-17-25(31)22(15-24(20)26)16-27-28(35)34(19-21-11-7-5-8-12-21)29(36-27)32-23-13-9-6-10-14-23/h5-18H,19H2,1-4H3/b27-16+,32-29?. The number of para-hydroxylation sites is 1. The fraction of sp³-hybridized carbons (Fsp3) is 0.200. The number of halogens is 1. The summed E-state index contributed by atoms with van der Waals surface area (Å²) in [6.07, 6.45) is 4.16. The second-order valence-electron chi connectivity index (χ2n) is 9.65. The molecule has 4 nitrogen and oxygen atoms in total. The van der Waals surface area contributed by atoms with Crippen molar-refractivity contribution in [1.29, 1.82) is 0 Å². The Balaban J connectivity index is 1.54. The molecular formula is C30H28ClN3OS. The van der Waals surface area contributed by atoms with E-state index in [4.69, 9.17) is 16.6 Å². The van der Waals surface area contributed by atoms with Crippen LogP contribution in [0, 0.1) is 0 Å². The van der Waals surface area contributed by atoms with E-state index in [2.05, 4.69) is 44.9 Å². The number of allylic oxidation sites excluding steroid dienone is 1.